The van der Waals surface area contributed by atoms with E-state index < -0.39 is 22.6 Å². The number of halogens is 1. The average Bonchev–Trinajstić information content (AvgIpc) is 3.53. The van der Waals surface area contributed by atoms with Crippen molar-refractivity contribution in [3.8, 4) is 17.5 Å². The molecule has 36 heavy (non-hydrogen) atoms. The van der Waals surface area contributed by atoms with Crippen LogP contribution >= 0.6 is 0 Å². The quantitative estimate of drug-likeness (QED) is 0.336. The van der Waals surface area contributed by atoms with E-state index in [0.717, 1.165) is 39.5 Å². The largest absolute Gasteiger partial charge is 0.494 e. The standard InChI is InChI=1S/C28H29FN4O3/c1-27(2,9-10-30)25-24(16-7-8-28(3,14-16)26(34)35)19-13-21-17(15-31-32-21)11-22(19)33(25)18-5-6-20(29)23(12-18)36-4/h5-6,11-13,15-16H,7-9,14H2,1-4H3,(H,31,32)(H,34,35)/t16?,28-/m1/s1. The number of carbonyl (C=O) groups is 1. The summed E-state index contributed by atoms with van der Waals surface area (Å²) in [5, 5.41) is 28.8. The monoisotopic (exact) mass is 488 g/mol. The summed E-state index contributed by atoms with van der Waals surface area (Å²) in [5.41, 5.74) is 3.10. The molecule has 0 radical (unpaired) electrons. The molecule has 1 unspecified atom stereocenters. The molecule has 8 heteroatoms. The first kappa shape index (κ1) is 23.9. The van der Waals surface area contributed by atoms with Crippen molar-refractivity contribution in [2.45, 2.75) is 57.8 Å². The second kappa shape index (κ2) is 8.37. The summed E-state index contributed by atoms with van der Waals surface area (Å²) in [6.07, 6.45) is 3.83. The Balaban J connectivity index is 1.89. The van der Waals surface area contributed by atoms with Crippen molar-refractivity contribution in [1.82, 2.24) is 14.8 Å². The third-order valence-electron chi connectivity index (χ3n) is 7.79. The van der Waals surface area contributed by atoms with E-state index in [2.05, 4.69) is 26.9 Å². The highest BCUT2D eigenvalue weighted by Gasteiger charge is 2.45. The fourth-order valence-electron chi connectivity index (χ4n) is 5.85. The summed E-state index contributed by atoms with van der Waals surface area (Å²) in [6.45, 7) is 5.88. The van der Waals surface area contributed by atoms with Gasteiger partial charge in [-0.15, -0.1) is 0 Å². The van der Waals surface area contributed by atoms with Crippen molar-refractivity contribution in [2.24, 2.45) is 5.41 Å². The Bertz CT molecular complexity index is 1540. The van der Waals surface area contributed by atoms with Gasteiger partial charge in [-0.05, 0) is 61.9 Å². The van der Waals surface area contributed by atoms with Crippen molar-refractivity contribution in [3.05, 3.63) is 53.6 Å². The van der Waals surface area contributed by atoms with Gasteiger partial charge in [0.15, 0.2) is 11.6 Å². The molecule has 186 valence electrons. The Morgan fingerprint density at radius 2 is 2.17 bits per heavy atom. The van der Waals surface area contributed by atoms with E-state index in [0.29, 0.717) is 18.5 Å². The van der Waals surface area contributed by atoms with Crippen molar-refractivity contribution >= 4 is 27.8 Å². The molecular weight excluding hydrogens is 459 g/mol. The first-order chi connectivity index (χ1) is 17.1. The smallest absolute Gasteiger partial charge is 0.309 e. The van der Waals surface area contributed by atoms with Crippen LogP contribution < -0.4 is 4.74 Å². The fourth-order valence-corrected chi connectivity index (χ4v) is 5.85. The van der Waals surface area contributed by atoms with Crippen molar-refractivity contribution < 1.29 is 19.0 Å². The number of aromatic amines is 1. The normalized spacial score (nSPS) is 20.2. The average molecular weight is 489 g/mol. The minimum atomic E-state index is -0.813. The van der Waals surface area contributed by atoms with E-state index in [1.165, 1.54) is 13.2 Å². The van der Waals surface area contributed by atoms with Crippen LogP contribution in [0.1, 0.15) is 63.6 Å². The van der Waals surface area contributed by atoms with Crippen molar-refractivity contribution in [1.29, 1.82) is 5.26 Å². The number of nitrogens with one attached hydrogen (secondary N) is 1. The molecule has 0 saturated heterocycles. The van der Waals surface area contributed by atoms with Gasteiger partial charge in [0.2, 0.25) is 0 Å². The van der Waals surface area contributed by atoms with Gasteiger partial charge in [-0.3, -0.25) is 9.89 Å². The summed E-state index contributed by atoms with van der Waals surface area (Å²) < 4.78 is 21.8. The number of hydrogen-bond acceptors (Lipinski definition) is 4. The molecule has 0 bridgehead atoms. The number of hydrogen-bond donors (Lipinski definition) is 2. The van der Waals surface area contributed by atoms with Gasteiger partial charge in [0.1, 0.15) is 0 Å². The predicted molar refractivity (Wildman–Crippen MR) is 135 cm³/mol. The van der Waals surface area contributed by atoms with E-state index in [1.54, 1.807) is 18.3 Å². The predicted octanol–water partition coefficient (Wildman–Crippen LogP) is 6.20. The lowest BCUT2D eigenvalue weighted by Crippen LogP contribution is -2.25. The Labute approximate surface area is 208 Å². The number of fused-ring (bicyclic) bond motifs is 2. The van der Waals surface area contributed by atoms with E-state index in [-0.39, 0.29) is 18.1 Å². The zero-order valence-corrected chi connectivity index (χ0v) is 20.9. The van der Waals surface area contributed by atoms with E-state index in [4.69, 9.17) is 4.74 Å². The molecule has 1 aliphatic carbocycles. The van der Waals surface area contributed by atoms with Crippen LogP contribution in [-0.2, 0) is 10.2 Å². The number of rotatable bonds is 6. The summed E-state index contributed by atoms with van der Waals surface area (Å²) in [7, 11) is 1.43. The molecule has 0 amide bonds. The molecule has 4 aromatic rings. The van der Waals surface area contributed by atoms with Crippen LogP contribution in [0.5, 0.6) is 5.75 Å². The second-order valence-corrected chi connectivity index (χ2v) is 10.8. The summed E-state index contributed by atoms with van der Waals surface area (Å²) in [6, 6.07) is 11.2. The van der Waals surface area contributed by atoms with Gasteiger partial charge in [0, 0.05) is 40.1 Å². The molecule has 5 rings (SSSR count). The maximum absolute atomic E-state index is 14.4. The van der Waals surface area contributed by atoms with Crippen LogP contribution in [0.3, 0.4) is 0 Å². The van der Waals surface area contributed by atoms with Gasteiger partial charge in [-0.25, -0.2) is 4.39 Å². The number of aliphatic carboxylic acids is 1. The number of methoxy groups -OCH3 is 1. The molecular formula is C28H29FN4O3. The van der Waals surface area contributed by atoms with Crippen LogP contribution in [0, 0.1) is 22.6 Å². The topological polar surface area (TPSA) is 104 Å². The lowest BCUT2D eigenvalue weighted by molar-refractivity contribution is -0.147. The van der Waals surface area contributed by atoms with Gasteiger partial charge < -0.3 is 14.4 Å². The van der Waals surface area contributed by atoms with Crippen molar-refractivity contribution in [2.75, 3.05) is 7.11 Å². The molecule has 1 fully saturated rings. The molecule has 1 aliphatic rings. The molecule has 2 heterocycles. The number of ether oxygens (including phenoxy) is 1. The van der Waals surface area contributed by atoms with Crippen molar-refractivity contribution in [3.63, 3.8) is 0 Å². The zero-order chi connectivity index (χ0) is 25.8. The van der Waals surface area contributed by atoms with E-state index >= 15 is 0 Å². The molecule has 7 nitrogen and oxygen atoms in total. The molecule has 2 N–H and O–H groups in total. The SMILES string of the molecule is COc1cc(-n2c(C(C)(C)CC#N)c(C3CC[C@@](C)(C(=O)O)C3)c3cc4[nH]ncc4cc32)ccc1F. The maximum atomic E-state index is 14.4. The number of carboxylic acids is 1. The Morgan fingerprint density at radius 3 is 2.83 bits per heavy atom. The van der Waals surface area contributed by atoms with Crippen LogP contribution in [-0.4, -0.2) is 33.0 Å². The lowest BCUT2D eigenvalue weighted by atomic mass is 9.78. The number of H-pyrrole nitrogens is 1. The van der Waals surface area contributed by atoms with Crippen LogP contribution in [0.4, 0.5) is 4.39 Å². The fraction of sp³-hybridized carbons (Fsp3) is 0.393. The Kier molecular flexibility index (Phi) is 5.55. The van der Waals surface area contributed by atoms with Gasteiger partial charge in [0.25, 0.3) is 0 Å². The number of carboxylic acid groups (broad SMARTS) is 1. The minimum Gasteiger partial charge on any atom is -0.494 e. The minimum absolute atomic E-state index is 0.00877. The van der Waals surface area contributed by atoms with Gasteiger partial charge in [0.05, 0.1) is 35.8 Å². The summed E-state index contributed by atoms with van der Waals surface area (Å²) in [4.78, 5) is 12.1. The van der Waals surface area contributed by atoms with Gasteiger partial charge >= 0.3 is 5.97 Å². The summed E-state index contributed by atoms with van der Waals surface area (Å²) >= 11 is 0. The highest BCUT2D eigenvalue weighted by Crippen LogP contribution is 2.52. The number of nitrogens with zero attached hydrogens (tertiary/aromatic N) is 3. The van der Waals surface area contributed by atoms with Gasteiger partial charge in [-0.1, -0.05) is 13.8 Å². The third-order valence-corrected chi connectivity index (χ3v) is 7.79. The number of nitriles is 1. The first-order valence-electron chi connectivity index (χ1n) is 12.1. The Hall–Kier alpha value is -3.86. The van der Waals surface area contributed by atoms with Gasteiger partial charge in [-0.2, -0.15) is 10.4 Å². The molecule has 2 aromatic heterocycles. The number of aromatic nitrogens is 3. The third kappa shape index (κ3) is 3.62. The highest BCUT2D eigenvalue weighted by molar-refractivity contribution is 5.99. The highest BCUT2D eigenvalue weighted by atomic mass is 19.1. The molecule has 2 atom stereocenters. The molecule has 1 saturated carbocycles. The lowest BCUT2D eigenvalue weighted by Gasteiger charge is -2.28. The van der Waals surface area contributed by atoms with E-state index in [1.807, 2.05) is 26.8 Å². The second-order valence-electron chi connectivity index (χ2n) is 10.8. The number of benzene rings is 2. The zero-order valence-electron chi connectivity index (χ0n) is 20.9. The summed E-state index contributed by atoms with van der Waals surface area (Å²) in [5.74, 6) is -1.12. The molecule has 0 aliphatic heterocycles. The van der Waals surface area contributed by atoms with E-state index in [9.17, 15) is 19.6 Å². The Morgan fingerprint density at radius 1 is 1.39 bits per heavy atom. The van der Waals surface area contributed by atoms with Crippen LogP contribution in [0.2, 0.25) is 0 Å². The first-order valence-corrected chi connectivity index (χ1v) is 12.1. The molecule has 2 aromatic carbocycles. The van der Waals surface area contributed by atoms with Crippen LogP contribution in [0.15, 0.2) is 36.5 Å². The van der Waals surface area contributed by atoms with Crippen LogP contribution in [0.25, 0.3) is 27.5 Å². The molecule has 0 spiro atoms. The maximum Gasteiger partial charge on any atom is 0.309 e.